The van der Waals surface area contributed by atoms with Gasteiger partial charge in [-0.3, -0.25) is 4.57 Å². The summed E-state index contributed by atoms with van der Waals surface area (Å²) in [5, 5.41) is 35.3. The van der Waals surface area contributed by atoms with E-state index in [-0.39, 0.29) is 5.95 Å². The molecule has 3 aromatic carbocycles. The van der Waals surface area contributed by atoms with E-state index in [1.807, 2.05) is 91.0 Å². The fraction of sp³-hybridized carbons (Fsp3) is 0.207. The van der Waals surface area contributed by atoms with Gasteiger partial charge in [-0.25, -0.2) is 9.97 Å². The van der Waals surface area contributed by atoms with Crippen LogP contribution in [0.5, 0.6) is 0 Å². The smallest absolute Gasteiger partial charge is 0.222 e. The van der Waals surface area contributed by atoms with E-state index < -0.39 is 36.1 Å². The number of nitrogens with two attached hydrogens (primary N) is 1. The molecule has 3 heterocycles. The molecular weight excluding hydrogens is 482 g/mol. The normalized spacial score (nSPS) is 23.6. The first-order valence-corrected chi connectivity index (χ1v) is 12.3. The van der Waals surface area contributed by atoms with Crippen molar-refractivity contribution < 1.29 is 20.1 Å². The summed E-state index contributed by atoms with van der Waals surface area (Å²) in [5.74, 6) is 0.0282. The monoisotopic (exact) mass is 509 g/mol. The molecule has 4 atom stereocenters. The van der Waals surface area contributed by atoms with Crippen LogP contribution in [0, 0.1) is 0 Å². The lowest BCUT2D eigenvalue weighted by atomic mass is 9.57. The predicted octanol–water partition coefficient (Wildman–Crippen LogP) is 2.42. The summed E-state index contributed by atoms with van der Waals surface area (Å²) in [4.78, 5) is 12.8. The summed E-state index contributed by atoms with van der Waals surface area (Å²) in [7, 11) is 0. The zero-order valence-corrected chi connectivity index (χ0v) is 20.4. The first-order valence-electron chi connectivity index (χ1n) is 12.3. The largest absolute Gasteiger partial charge is 0.394 e. The van der Waals surface area contributed by atoms with Crippen LogP contribution in [0.25, 0.3) is 11.2 Å². The lowest BCUT2D eigenvalue weighted by molar-refractivity contribution is -0.136. The number of hydrogen-bond donors (Lipinski definition) is 4. The van der Waals surface area contributed by atoms with Crippen LogP contribution in [0.2, 0.25) is 0 Å². The number of nitrogen functional groups attached to an aromatic ring is 1. The Morgan fingerprint density at radius 1 is 0.868 bits per heavy atom. The number of imidazole rings is 1. The van der Waals surface area contributed by atoms with Gasteiger partial charge in [0.2, 0.25) is 5.95 Å². The first kappa shape index (κ1) is 24.2. The maximum absolute atomic E-state index is 13.2. The third kappa shape index (κ3) is 3.37. The van der Waals surface area contributed by atoms with Crippen molar-refractivity contribution in [2.45, 2.75) is 29.5 Å². The summed E-state index contributed by atoms with van der Waals surface area (Å²) >= 11 is 0. The lowest BCUT2D eigenvalue weighted by Gasteiger charge is -2.50. The van der Waals surface area contributed by atoms with E-state index in [0.29, 0.717) is 11.2 Å². The molecule has 0 saturated carbocycles. The van der Waals surface area contributed by atoms with Crippen molar-refractivity contribution in [3.05, 3.63) is 120 Å². The minimum absolute atomic E-state index is 0.0282. The molecular formula is C29H27N5O4. The second-order valence-electron chi connectivity index (χ2n) is 9.42. The Hall–Kier alpha value is -4.15. The van der Waals surface area contributed by atoms with Gasteiger partial charge in [0, 0.05) is 0 Å². The number of rotatable bonds is 6. The Morgan fingerprint density at radius 3 is 1.89 bits per heavy atom. The maximum atomic E-state index is 13.2. The summed E-state index contributed by atoms with van der Waals surface area (Å²) in [6, 6.07) is 28.5. The van der Waals surface area contributed by atoms with E-state index in [1.165, 1.54) is 12.5 Å². The molecule has 0 aliphatic carbocycles. The number of aliphatic hydroxyl groups excluding tert-OH is 2. The van der Waals surface area contributed by atoms with Gasteiger partial charge in [-0.1, -0.05) is 91.0 Å². The number of benzene rings is 3. The molecule has 0 unspecified atom stereocenters. The fourth-order valence-electron chi connectivity index (χ4n) is 5.87. The second-order valence-corrected chi connectivity index (χ2v) is 9.42. The number of aliphatic hydroxyl groups is 3. The van der Waals surface area contributed by atoms with Crippen LogP contribution >= 0.6 is 0 Å². The molecule has 0 spiro atoms. The molecule has 5 aromatic rings. The minimum Gasteiger partial charge on any atom is -0.394 e. The van der Waals surface area contributed by atoms with Crippen molar-refractivity contribution in [2.24, 2.45) is 0 Å². The third-order valence-electron chi connectivity index (χ3n) is 7.47. The number of ether oxygens (including phenoxy) is 1. The second kappa shape index (κ2) is 9.30. The highest BCUT2D eigenvalue weighted by molar-refractivity contribution is 5.71. The Kier molecular flexibility index (Phi) is 5.93. The van der Waals surface area contributed by atoms with Gasteiger partial charge in [0.1, 0.15) is 17.7 Å². The fourth-order valence-corrected chi connectivity index (χ4v) is 5.87. The van der Waals surface area contributed by atoms with E-state index >= 15 is 0 Å². The van der Waals surface area contributed by atoms with Gasteiger partial charge >= 0.3 is 0 Å². The van der Waals surface area contributed by atoms with Crippen molar-refractivity contribution in [2.75, 3.05) is 12.3 Å². The highest BCUT2D eigenvalue weighted by atomic mass is 16.6. The van der Waals surface area contributed by atoms with E-state index in [2.05, 4.69) is 15.0 Å². The van der Waals surface area contributed by atoms with Crippen LogP contribution < -0.4 is 5.73 Å². The van der Waals surface area contributed by atoms with Crippen molar-refractivity contribution in [1.29, 1.82) is 0 Å². The van der Waals surface area contributed by atoms with Crippen LogP contribution in [-0.4, -0.2) is 59.3 Å². The molecule has 9 nitrogen and oxygen atoms in total. The topological polar surface area (TPSA) is 140 Å². The molecule has 0 radical (unpaired) electrons. The molecule has 192 valence electrons. The SMILES string of the molecule is Nc1ncc2ncn([C@@H]3O[C@H](CO)[C@@H](O)[C@]3(O)C(c3ccccc3)(c3ccccc3)c3ccccc3)c2n1. The van der Waals surface area contributed by atoms with E-state index in [0.717, 1.165) is 16.7 Å². The standard InChI is InChI=1S/C29H27N5O4/c30-27-31-16-22-25(33-27)34(18-32-22)26-29(37,24(36)23(17-35)38-26)28(19-10-4-1-5-11-19,20-12-6-2-7-13-20)21-14-8-3-9-15-21/h1-16,18,23-24,26,35-37H,17H2,(H2,30,31,33)/t23-,24-,26-,29-/m1/s1. The average Bonchev–Trinajstić information content (AvgIpc) is 3.49. The van der Waals surface area contributed by atoms with E-state index in [4.69, 9.17) is 10.5 Å². The van der Waals surface area contributed by atoms with Crippen LogP contribution in [0.1, 0.15) is 22.9 Å². The third-order valence-corrected chi connectivity index (χ3v) is 7.47. The zero-order valence-electron chi connectivity index (χ0n) is 20.4. The van der Waals surface area contributed by atoms with Crippen molar-refractivity contribution in [3.8, 4) is 0 Å². The molecule has 2 aromatic heterocycles. The van der Waals surface area contributed by atoms with E-state index in [9.17, 15) is 15.3 Å². The zero-order chi connectivity index (χ0) is 26.3. The van der Waals surface area contributed by atoms with E-state index in [1.54, 1.807) is 4.57 Å². The number of nitrogens with zero attached hydrogens (tertiary/aromatic N) is 4. The first-order chi connectivity index (χ1) is 18.5. The Morgan fingerprint density at radius 2 is 1.39 bits per heavy atom. The Balaban J connectivity index is 1.74. The lowest BCUT2D eigenvalue weighted by Crippen LogP contribution is -2.62. The molecule has 1 aliphatic heterocycles. The van der Waals surface area contributed by atoms with Crippen molar-refractivity contribution >= 4 is 17.1 Å². The number of hydrogen-bond acceptors (Lipinski definition) is 8. The average molecular weight is 510 g/mol. The van der Waals surface area contributed by atoms with Crippen LogP contribution in [0.15, 0.2) is 104 Å². The Bertz CT molecular complexity index is 1450. The van der Waals surface area contributed by atoms with Crippen molar-refractivity contribution in [3.63, 3.8) is 0 Å². The maximum Gasteiger partial charge on any atom is 0.222 e. The Labute approximate surface area is 218 Å². The van der Waals surface area contributed by atoms with Crippen LogP contribution in [0.4, 0.5) is 5.95 Å². The number of fused-ring (bicyclic) bond motifs is 1. The van der Waals surface area contributed by atoms with Gasteiger partial charge in [-0.2, -0.15) is 4.98 Å². The molecule has 38 heavy (non-hydrogen) atoms. The highest BCUT2D eigenvalue weighted by Crippen LogP contribution is 2.57. The summed E-state index contributed by atoms with van der Waals surface area (Å²) in [6.07, 6.45) is -0.880. The molecule has 1 fully saturated rings. The van der Waals surface area contributed by atoms with Gasteiger partial charge in [-0.15, -0.1) is 0 Å². The van der Waals surface area contributed by atoms with Gasteiger partial charge in [0.25, 0.3) is 0 Å². The molecule has 9 heteroatoms. The number of aromatic nitrogens is 4. The number of anilines is 1. The van der Waals surface area contributed by atoms with Gasteiger partial charge in [0.15, 0.2) is 17.5 Å². The molecule has 0 bridgehead atoms. The molecule has 6 rings (SSSR count). The van der Waals surface area contributed by atoms with Gasteiger partial charge < -0.3 is 25.8 Å². The molecule has 1 saturated heterocycles. The summed E-state index contributed by atoms with van der Waals surface area (Å²) in [6.45, 7) is -0.516. The summed E-state index contributed by atoms with van der Waals surface area (Å²) < 4.78 is 7.82. The minimum atomic E-state index is -2.07. The molecule has 5 N–H and O–H groups in total. The quantitative estimate of drug-likeness (QED) is 0.256. The van der Waals surface area contributed by atoms with Crippen LogP contribution in [0.3, 0.4) is 0 Å². The predicted molar refractivity (Wildman–Crippen MR) is 141 cm³/mol. The summed E-state index contributed by atoms with van der Waals surface area (Å²) in [5.41, 5.74) is 5.42. The molecule has 0 amide bonds. The molecule has 1 aliphatic rings. The van der Waals surface area contributed by atoms with Crippen molar-refractivity contribution in [1.82, 2.24) is 19.5 Å². The highest BCUT2D eigenvalue weighted by Gasteiger charge is 2.68. The van der Waals surface area contributed by atoms with Crippen LogP contribution in [-0.2, 0) is 10.2 Å². The van der Waals surface area contributed by atoms with Gasteiger partial charge in [0.05, 0.1) is 24.5 Å². The van der Waals surface area contributed by atoms with Gasteiger partial charge in [-0.05, 0) is 16.7 Å².